The average Bonchev–Trinajstić information content (AvgIpc) is 2.70. The van der Waals surface area contributed by atoms with Crippen LogP contribution in [-0.2, 0) is 0 Å². The van der Waals surface area contributed by atoms with E-state index in [9.17, 15) is 0 Å². The second-order valence-corrected chi connectivity index (χ2v) is 6.68. The van der Waals surface area contributed by atoms with Gasteiger partial charge in [-0.2, -0.15) is 0 Å². The summed E-state index contributed by atoms with van der Waals surface area (Å²) >= 11 is 0. The van der Waals surface area contributed by atoms with Crippen molar-refractivity contribution in [1.82, 2.24) is 10.2 Å². The van der Waals surface area contributed by atoms with Gasteiger partial charge in [-0.1, -0.05) is 27.2 Å². The van der Waals surface area contributed by atoms with E-state index in [1.165, 1.54) is 58.3 Å². The van der Waals surface area contributed by atoms with Crippen molar-refractivity contribution in [3.63, 3.8) is 0 Å². The number of nitrogens with zero attached hydrogens (tertiary/aromatic N) is 1. The van der Waals surface area contributed by atoms with Crippen LogP contribution in [0.5, 0.6) is 0 Å². The van der Waals surface area contributed by atoms with Gasteiger partial charge < -0.3 is 5.32 Å². The Morgan fingerprint density at radius 3 is 2.88 bits per heavy atom. The second kappa shape index (κ2) is 5.71. The lowest BCUT2D eigenvalue weighted by Gasteiger charge is -2.43. The molecule has 2 saturated heterocycles. The molecule has 2 heterocycles. The molecule has 0 aromatic heterocycles. The first-order chi connectivity index (χ1) is 8.14. The van der Waals surface area contributed by atoms with Gasteiger partial charge in [0.1, 0.15) is 0 Å². The molecule has 2 heteroatoms. The van der Waals surface area contributed by atoms with E-state index < -0.39 is 0 Å². The molecule has 0 aromatic carbocycles. The zero-order valence-corrected chi connectivity index (χ0v) is 12.0. The number of likely N-dealkylation sites (tertiary alicyclic amines) is 1. The molecule has 2 aliphatic heterocycles. The van der Waals surface area contributed by atoms with E-state index in [-0.39, 0.29) is 0 Å². The predicted molar refractivity (Wildman–Crippen MR) is 74.3 cm³/mol. The summed E-state index contributed by atoms with van der Waals surface area (Å²) in [7, 11) is 0. The van der Waals surface area contributed by atoms with Gasteiger partial charge in [0.2, 0.25) is 0 Å². The van der Waals surface area contributed by atoms with Crippen molar-refractivity contribution in [1.29, 1.82) is 0 Å². The van der Waals surface area contributed by atoms with Gasteiger partial charge in [-0.05, 0) is 50.1 Å². The Balaban J connectivity index is 1.96. The molecule has 0 amide bonds. The van der Waals surface area contributed by atoms with Crippen LogP contribution >= 0.6 is 0 Å². The number of piperidine rings is 1. The smallest absolute Gasteiger partial charge is 0.0121 e. The van der Waals surface area contributed by atoms with Crippen molar-refractivity contribution in [2.75, 3.05) is 26.2 Å². The van der Waals surface area contributed by atoms with Crippen molar-refractivity contribution < 1.29 is 0 Å². The van der Waals surface area contributed by atoms with Gasteiger partial charge in [-0.25, -0.2) is 0 Å². The molecule has 0 spiro atoms. The molecule has 3 unspecified atom stereocenters. The maximum absolute atomic E-state index is 3.53. The molecule has 17 heavy (non-hydrogen) atoms. The molecule has 2 rings (SSSR count). The molecule has 3 atom stereocenters. The van der Waals surface area contributed by atoms with E-state index in [0.29, 0.717) is 5.41 Å². The Morgan fingerprint density at radius 2 is 2.24 bits per heavy atom. The van der Waals surface area contributed by atoms with Crippen LogP contribution in [0.2, 0.25) is 0 Å². The highest BCUT2D eigenvalue weighted by molar-refractivity contribution is 4.91. The van der Waals surface area contributed by atoms with Gasteiger partial charge in [0, 0.05) is 19.1 Å². The molecular weight excluding hydrogens is 208 g/mol. The van der Waals surface area contributed by atoms with Crippen LogP contribution in [0.1, 0.15) is 52.9 Å². The Kier molecular flexibility index (Phi) is 4.48. The third-order valence-electron chi connectivity index (χ3n) is 4.86. The molecule has 1 N–H and O–H groups in total. The molecule has 0 saturated carbocycles. The average molecular weight is 238 g/mol. The van der Waals surface area contributed by atoms with Gasteiger partial charge in [0.05, 0.1) is 0 Å². The summed E-state index contributed by atoms with van der Waals surface area (Å²) < 4.78 is 0. The van der Waals surface area contributed by atoms with Gasteiger partial charge in [0.25, 0.3) is 0 Å². The second-order valence-electron chi connectivity index (χ2n) is 6.68. The summed E-state index contributed by atoms with van der Waals surface area (Å²) in [5.41, 5.74) is 0.531. The quantitative estimate of drug-likeness (QED) is 0.810. The lowest BCUT2D eigenvalue weighted by atomic mass is 9.83. The molecule has 2 nitrogen and oxygen atoms in total. The lowest BCUT2D eigenvalue weighted by Crippen LogP contribution is -2.49. The van der Waals surface area contributed by atoms with E-state index >= 15 is 0 Å². The minimum Gasteiger partial charge on any atom is -0.316 e. The molecule has 0 aliphatic carbocycles. The van der Waals surface area contributed by atoms with Crippen LogP contribution in [0.4, 0.5) is 0 Å². The number of nitrogens with one attached hydrogen (secondary N) is 1. The lowest BCUT2D eigenvalue weighted by molar-refractivity contribution is 0.0569. The zero-order valence-electron chi connectivity index (χ0n) is 12.0. The van der Waals surface area contributed by atoms with Crippen LogP contribution in [0.3, 0.4) is 0 Å². The maximum atomic E-state index is 3.53. The third-order valence-corrected chi connectivity index (χ3v) is 4.86. The summed E-state index contributed by atoms with van der Waals surface area (Å²) in [6, 6.07) is 0.853. The highest BCUT2D eigenvalue weighted by atomic mass is 15.2. The molecule has 2 fully saturated rings. The Hall–Kier alpha value is -0.0800. The fraction of sp³-hybridized carbons (Fsp3) is 1.00. The molecule has 0 aromatic rings. The monoisotopic (exact) mass is 238 g/mol. The van der Waals surface area contributed by atoms with Gasteiger partial charge >= 0.3 is 0 Å². The van der Waals surface area contributed by atoms with Crippen LogP contribution in [0, 0.1) is 11.3 Å². The van der Waals surface area contributed by atoms with E-state index in [0.717, 1.165) is 12.0 Å². The van der Waals surface area contributed by atoms with Crippen LogP contribution in [0.15, 0.2) is 0 Å². The Morgan fingerprint density at radius 1 is 1.41 bits per heavy atom. The van der Waals surface area contributed by atoms with Crippen LogP contribution in [0.25, 0.3) is 0 Å². The van der Waals surface area contributed by atoms with Gasteiger partial charge in [-0.15, -0.1) is 0 Å². The summed E-state index contributed by atoms with van der Waals surface area (Å²) in [5, 5.41) is 3.53. The van der Waals surface area contributed by atoms with Crippen molar-refractivity contribution in [2.45, 2.75) is 58.9 Å². The van der Waals surface area contributed by atoms with Crippen molar-refractivity contribution in [2.24, 2.45) is 11.3 Å². The third kappa shape index (κ3) is 3.23. The Labute approximate surface area is 107 Å². The standard InChI is InChI=1S/C15H30N2/c1-4-6-14-13(2)7-5-10-17(14)12-15(3)8-9-16-11-15/h13-14,16H,4-12H2,1-3H3. The fourth-order valence-corrected chi connectivity index (χ4v) is 3.79. The zero-order chi connectivity index (χ0) is 12.3. The molecule has 2 aliphatic rings. The number of rotatable bonds is 4. The number of hydrogen-bond donors (Lipinski definition) is 1. The van der Waals surface area contributed by atoms with Gasteiger partial charge in [0.15, 0.2) is 0 Å². The normalized spacial score (nSPS) is 39.7. The fourth-order valence-electron chi connectivity index (χ4n) is 3.79. The van der Waals surface area contributed by atoms with E-state index in [1.54, 1.807) is 0 Å². The molecular formula is C15H30N2. The van der Waals surface area contributed by atoms with Crippen LogP contribution < -0.4 is 5.32 Å². The van der Waals surface area contributed by atoms with Crippen molar-refractivity contribution in [3.05, 3.63) is 0 Å². The largest absolute Gasteiger partial charge is 0.316 e. The minimum atomic E-state index is 0.531. The summed E-state index contributed by atoms with van der Waals surface area (Å²) in [4.78, 5) is 2.81. The van der Waals surface area contributed by atoms with Crippen molar-refractivity contribution >= 4 is 0 Å². The van der Waals surface area contributed by atoms with Crippen molar-refractivity contribution in [3.8, 4) is 0 Å². The number of hydrogen-bond acceptors (Lipinski definition) is 2. The maximum Gasteiger partial charge on any atom is 0.0121 e. The Bertz CT molecular complexity index is 233. The van der Waals surface area contributed by atoms with Gasteiger partial charge in [-0.3, -0.25) is 4.90 Å². The molecule has 0 bridgehead atoms. The summed E-state index contributed by atoms with van der Waals surface area (Å²) in [5.74, 6) is 0.904. The van der Waals surface area contributed by atoms with E-state index in [4.69, 9.17) is 0 Å². The first-order valence-corrected chi connectivity index (χ1v) is 7.59. The molecule has 100 valence electrons. The first kappa shape index (κ1) is 13.4. The molecule has 0 radical (unpaired) electrons. The summed E-state index contributed by atoms with van der Waals surface area (Å²) in [6.07, 6.45) is 6.93. The topological polar surface area (TPSA) is 15.3 Å². The predicted octanol–water partition coefficient (Wildman–Crippen LogP) is 2.89. The minimum absolute atomic E-state index is 0.531. The van der Waals surface area contributed by atoms with E-state index in [1.807, 2.05) is 0 Å². The highest BCUT2D eigenvalue weighted by Crippen LogP contribution is 2.32. The van der Waals surface area contributed by atoms with E-state index in [2.05, 4.69) is 31.0 Å². The SMILES string of the molecule is CCCC1C(C)CCCN1CC1(C)CCNC1. The first-order valence-electron chi connectivity index (χ1n) is 7.59. The summed E-state index contributed by atoms with van der Waals surface area (Å²) in [6.45, 7) is 12.4. The van der Waals surface area contributed by atoms with Crippen LogP contribution in [-0.4, -0.2) is 37.1 Å². The highest BCUT2D eigenvalue weighted by Gasteiger charge is 2.35.